The van der Waals surface area contributed by atoms with E-state index in [-0.39, 0.29) is 59.6 Å². The van der Waals surface area contributed by atoms with Gasteiger partial charge in [0.15, 0.2) is 0 Å². The number of unbranched alkanes of at least 4 members (excludes halogenated alkanes) is 60. The maximum absolute atomic E-state index is 10.1. The molecule has 0 aliphatic carbocycles. The number of hydrogen-bond donors (Lipinski definition) is 0. The Bertz CT molecular complexity index is 1220. The zero-order valence-electron chi connectivity index (χ0n) is 65.2. The van der Waals surface area contributed by atoms with E-state index in [4.69, 9.17) is 0 Å². The first-order chi connectivity index (χ1) is 46.6. The van der Waals surface area contributed by atoms with Crippen LogP contribution in [-0.4, -0.2) is 35.8 Å². The van der Waals surface area contributed by atoms with Crippen LogP contribution in [0.1, 0.15) is 504 Å². The van der Waals surface area contributed by atoms with E-state index in [1.54, 1.807) is 0 Å². The van der Waals surface area contributed by atoms with Crippen LogP contribution in [0.2, 0.25) is 0 Å². The van der Waals surface area contributed by atoms with Crippen molar-refractivity contribution in [2.75, 3.05) is 0 Å². The molecule has 0 saturated heterocycles. The van der Waals surface area contributed by atoms with Crippen molar-refractivity contribution in [3.8, 4) is 0 Å². The molecule has 0 aromatic carbocycles. The minimum atomic E-state index is -0.907. The molecule has 0 rings (SSSR count). The summed E-state index contributed by atoms with van der Waals surface area (Å²) in [5, 5.41) is 60.9. The van der Waals surface area contributed by atoms with Crippen LogP contribution in [0.5, 0.6) is 0 Å². The van der Waals surface area contributed by atoms with E-state index in [9.17, 15) is 59.4 Å². The first-order valence-electron chi connectivity index (χ1n) is 41.8. The number of hydrogen-bond acceptors (Lipinski definition) is 12. The molecule has 0 atom stereocenters. The maximum atomic E-state index is 10.1. The first-order valence-corrected chi connectivity index (χ1v) is 41.8. The molecule has 0 bridgehead atoms. The van der Waals surface area contributed by atoms with Gasteiger partial charge in [-0.25, -0.2) is 0 Å². The van der Waals surface area contributed by atoms with E-state index in [2.05, 4.69) is 41.5 Å². The van der Waals surface area contributed by atoms with Crippen molar-refractivity contribution in [1.29, 1.82) is 0 Å². The normalized spacial score (nSPS) is 10.5. The second-order valence-corrected chi connectivity index (χ2v) is 27.9. The van der Waals surface area contributed by atoms with Gasteiger partial charge >= 0.3 is 0 Å². The average molecular weight is 1460 g/mol. The Labute approximate surface area is 616 Å². The molecule has 0 fully saturated rings. The van der Waals surface area contributed by atoms with Crippen molar-refractivity contribution in [3.63, 3.8) is 0 Å². The Morgan fingerprint density at radius 1 is 0.134 bits per heavy atom. The van der Waals surface area contributed by atoms with Crippen molar-refractivity contribution in [3.05, 3.63) is 0 Å². The van der Waals surface area contributed by atoms with Crippen LogP contribution in [-0.2, 0) is 49.8 Å². The van der Waals surface area contributed by atoms with Crippen molar-refractivity contribution in [1.82, 2.24) is 0 Å². The van der Waals surface area contributed by atoms with Gasteiger partial charge in [-0.15, -0.1) is 0 Å². The first kappa shape index (κ1) is 108. The van der Waals surface area contributed by atoms with Gasteiger partial charge in [-0.1, -0.05) is 427 Å². The largest absolute Gasteiger partial charge is 0.550 e. The standard InChI is InChI=1S/6C14H28O2.Mo/c6*1-2-3-4-5-6-7-8-9-10-11-12-13-14(15)16;/h6*2-13H2,1H3,(H,15,16);/p-6. The fraction of sp³-hybridized carbons (Fsp3) is 0.929. The molecule has 0 aromatic heterocycles. The van der Waals surface area contributed by atoms with Crippen molar-refractivity contribution in [2.45, 2.75) is 504 Å². The second kappa shape index (κ2) is 104. The van der Waals surface area contributed by atoms with Gasteiger partial charge in [0.05, 0.1) is 0 Å². The number of carbonyl (C=O) groups excluding carboxylic acids is 6. The molecule has 0 aliphatic heterocycles. The quantitative estimate of drug-likeness (QED) is 0.0408. The summed E-state index contributed by atoms with van der Waals surface area (Å²) in [5.41, 5.74) is 0. The Hall–Kier alpha value is -2.49. The van der Waals surface area contributed by atoms with Crippen molar-refractivity contribution in [2.24, 2.45) is 0 Å². The summed E-state index contributed by atoms with van der Waals surface area (Å²) in [6, 6.07) is 0. The van der Waals surface area contributed by atoms with Crippen molar-refractivity contribution >= 4 is 35.8 Å². The third kappa shape index (κ3) is 137. The minimum absolute atomic E-state index is 0. The number of aliphatic carboxylic acids is 6. The van der Waals surface area contributed by atoms with Gasteiger partial charge in [0.25, 0.3) is 0 Å². The Morgan fingerprint density at radius 2 is 0.196 bits per heavy atom. The molecule has 97 heavy (non-hydrogen) atoms. The summed E-state index contributed by atoms with van der Waals surface area (Å²) in [5.74, 6) is -5.44. The summed E-state index contributed by atoms with van der Waals surface area (Å²) in [7, 11) is 0. The predicted molar refractivity (Wildman–Crippen MR) is 397 cm³/mol. The third-order valence-corrected chi connectivity index (χ3v) is 17.9. The number of carboxylic acid groups (broad SMARTS) is 6. The molecule has 0 spiro atoms. The second-order valence-electron chi connectivity index (χ2n) is 27.9. The van der Waals surface area contributed by atoms with Crippen LogP contribution in [0.3, 0.4) is 0 Å². The molecular weight excluding hydrogens is 1300 g/mol. The van der Waals surface area contributed by atoms with Gasteiger partial charge in [0.2, 0.25) is 0 Å². The summed E-state index contributed by atoms with van der Waals surface area (Å²) >= 11 is 0. The molecule has 582 valence electrons. The summed E-state index contributed by atoms with van der Waals surface area (Å²) in [6.07, 6.45) is 84.2. The van der Waals surface area contributed by atoms with Crippen molar-refractivity contribution < 1.29 is 80.5 Å². The zero-order chi connectivity index (χ0) is 72.4. The smallest absolute Gasteiger partial charge is 0.0414 e. The van der Waals surface area contributed by atoms with Gasteiger partial charge in [0, 0.05) is 56.9 Å². The van der Waals surface area contributed by atoms with Gasteiger partial charge in [-0.3, -0.25) is 0 Å². The molecular formula is C84H162MoO12-6. The van der Waals surface area contributed by atoms with Crippen LogP contribution in [0.4, 0.5) is 0 Å². The Morgan fingerprint density at radius 3 is 0.258 bits per heavy atom. The van der Waals surface area contributed by atoms with Gasteiger partial charge < -0.3 is 59.4 Å². The molecule has 0 radical (unpaired) electrons. The van der Waals surface area contributed by atoms with E-state index < -0.39 is 35.8 Å². The summed E-state index contributed by atoms with van der Waals surface area (Å²) < 4.78 is 0. The molecule has 0 amide bonds. The SMILES string of the molecule is CCCCCCCCCCCCCC(=O)[O-].CCCCCCCCCCCCCC(=O)[O-].CCCCCCCCCCCCCC(=O)[O-].CCCCCCCCCCCCCC(=O)[O-].CCCCCCCCCCCCCC(=O)[O-].CCCCCCCCCCCCCC(=O)[O-].[Mo]. The van der Waals surface area contributed by atoms with Gasteiger partial charge in [0.1, 0.15) is 0 Å². The van der Waals surface area contributed by atoms with Crippen LogP contribution in [0.25, 0.3) is 0 Å². The van der Waals surface area contributed by atoms with E-state index in [1.807, 2.05) is 0 Å². The molecule has 0 saturated carbocycles. The molecule has 0 N–H and O–H groups in total. The molecule has 12 nitrogen and oxygen atoms in total. The van der Waals surface area contributed by atoms with Crippen LogP contribution in [0, 0.1) is 0 Å². The average Bonchev–Trinajstić information content (AvgIpc) is 3.59. The molecule has 13 heteroatoms. The Kier molecular flexibility index (Phi) is 116. The van der Waals surface area contributed by atoms with E-state index in [0.717, 1.165) is 77.0 Å². The minimum Gasteiger partial charge on any atom is -0.550 e. The number of carboxylic acids is 6. The Balaban J connectivity index is -0.000000200. The molecule has 0 aromatic rings. The van der Waals surface area contributed by atoms with Crippen LogP contribution >= 0.6 is 0 Å². The number of rotatable bonds is 72. The monoisotopic (exact) mass is 1460 g/mol. The van der Waals surface area contributed by atoms with Crippen LogP contribution < -0.4 is 30.6 Å². The fourth-order valence-corrected chi connectivity index (χ4v) is 11.6. The maximum Gasteiger partial charge on any atom is 0.0414 e. The van der Waals surface area contributed by atoms with E-state index >= 15 is 0 Å². The third-order valence-electron chi connectivity index (χ3n) is 17.9. The molecule has 0 aliphatic rings. The predicted octanol–water partition coefficient (Wildman–Crippen LogP) is 20.6. The summed E-state index contributed by atoms with van der Waals surface area (Å²) in [4.78, 5) is 60.9. The zero-order valence-corrected chi connectivity index (χ0v) is 67.2. The van der Waals surface area contributed by atoms with E-state index in [0.29, 0.717) is 0 Å². The van der Waals surface area contributed by atoms with Gasteiger partial charge in [-0.05, 0) is 77.0 Å². The topological polar surface area (TPSA) is 241 Å². The molecule has 0 heterocycles. The number of carbonyl (C=O) groups is 6. The van der Waals surface area contributed by atoms with Crippen LogP contribution in [0.15, 0.2) is 0 Å². The summed E-state index contributed by atoms with van der Waals surface area (Å²) in [6.45, 7) is 13.5. The molecule has 0 unspecified atom stereocenters. The van der Waals surface area contributed by atoms with Gasteiger partial charge in [-0.2, -0.15) is 0 Å². The fourth-order valence-electron chi connectivity index (χ4n) is 11.6. The van der Waals surface area contributed by atoms with E-state index in [1.165, 1.54) is 347 Å².